The van der Waals surface area contributed by atoms with Gasteiger partial charge in [-0.05, 0) is 20.8 Å². The number of hydrazine groups is 1. The summed E-state index contributed by atoms with van der Waals surface area (Å²) in [5, 5.41) is 28.3. The van der Waals surface area contributed by atoms with Gasteiger partial charge in [0.1, 0.15) is 0 Å². The van der Waals surface area contributed by atoms with Gasteiger partial charge in [-0.2, -0.15) is 0 Å². The fraction of sp³-hybridized carbons (Fsp3) is 0.750. The highest BCUT2D eigenvalue weighted by molar-refractivity contribution is 5.93. The number of rotatable bonds is 1. The second kappa shape index (κ2) is 3.16. The van der Waals surface area contributed by atoms with Crippen molar-refractivity contribution in [2.45, 2.75) is 38.1 Å². The third-order valence-corrected chi connectivity index (χ3v) is 2.10. The Kier molecular flexibility index (Phi) is 2.50. The molecule has 1 aliphatic rings. The van der Waals surface area contributed by atoms with Crippen LogP contribution in [0, 0.1) is 0 Å². The van der Waals surface area contributed by atoms with Crippen LogP contribution in [0.4, 0.5) is 0 Å². The van der Waals surface area contributed by atoms with E-state index in [1.807, 2.05) is 0 Å². The van der Waals surface area contributed by atoms with Crippen molar-refractivity contribution in [3.8, 4) is 0 Å². The molecule has 7 nitrogen and oxygen atoms in total. The molecule has 1 atom stereocenters. The molecule has 0 aromatic heterocycles. The zero-order valence-electron chi connectivity index (χ0n) is 8.68. The molecule has 15 heavy (non-hydrogen) atoms. The molecule has 1 fully saturated rings. The number of hydrogen-bond acceptors (Lipinski definition) is 5. The topological polar surface area (TPSA) is 110 Å². The van der Waals surface area contributed by atoms with Crippen LogP contribution in [0.25, 0.3) is 0 Å². The molecular formula is C8H14N2O5. The number of carboxylic acid groups (broad SMARTS) is 1. The quantitative estimate of drug-likeness (QED) is 0.389. The minimum Gasteiger partial charge on any atom is -0.480 e. The van der Waals surface area contributed by atoms with Crippen LogP contribution < -0.4 is 5.43 Å². The Labute approximate surface area is 86.3 Å². The Morgan fingerprint density at radius 1 is 1.47 bits per heavy atom. The van der Waals surface area contributed by atoms with Crippen LogP contribution in [0.1, 0.15) is 20.8 Å². The SMILES string of the molecule is CC(C)(C)N1NC(C(=O)O)C(O)(O)C1=O. The van der Waals surface area contributed by atoms with Gasteiger partial charge in [-0.3, -0.25) is 14.6 Å². The molecule has 0 radical (unpaired) electrons. The molecule has 0 spiro atoms. The summed E-state index contributed by atoms with van der Waals surface area (Å²) >= 11 is 0. The highest BCUT2D eigenvalue weighted by Gasteiger charge is 2.58. The maximum atomic E-state index is 11.5. The Hall–Kier alpha value is -1.18. The number of nitrogens with zero attached hydrogens (tertiary/aromatic N) is 1. The van der Waals surface area contributed by atoms with E-state index in [1.165, 1.54) is 0 Å². The number of carboxylic acids is 1. The summed E-state index contributed by atoms with van der Waals surface area (Å²) in [7, 11) is 0. The van der Waals surface area contributed by atoms with Crippen molar-refractivity contribution in [3.05, 3.63) is 0 Å². The first-order valence-electron chi connectivity index (χ1n) is 4.37. The van der Waals surface area contributed by atoms with E-state index in [0.717, 1.165) is 5.01 Å². The lowest BCUT2D eigenvalue weighted by Crippen LogP contribution is -2.51. The van der Waals surface area contributed by atoms with Gasteiger partial charge < -0.3 is 15.3 Å². The van der Waals surface area contributed by atoms with Gasteiger partial charge in [0.05, 0.1) is 5.54 Å². The molecule has 0 bridgehead atoms. The number of aliphatic hydroxyl groups is 2. The molecule has 7 heteroatoms. The van der Waals surface area contributed by atoms with Crippen molar-refractivity contribution in [1.29, 1.82) is 0 Å². The summed E-state index contributed by atoms with van der Waals surface area (Å²) in [6.45, 7) is 4.91. The third kappa shape index (κ3) is 1.81. The normalized spacial score (nSPS) is 25.8. The summed E-state index contributed by atoms with van der Waals surface area (Å²) in [5.74, 6) is -5.47. The van der Waals surface area contributed by atoms with Gasteiger partial charge >= 0.3 is 5.97 Å². The average molecular weight is 218 g/mol. The monoisotopic (exact) mass is 218 g/mol. The maximum absolute atomic E-state index is 11.5. The Bertz CT molecular complexity index is 307. The predicted molar refractivity (Wildman–Crippen MR) is 48.3 cm³/mol. The fourth-order valence-electron chi connectivity index (χ4n) is 1.29. The van der Waals surface area contributed by atoms with Gasteiger partial charge in [0, 0.05) is 0 Å². The van der Waals surface area contributed by atoms with Crippen molar-refractivity contribution < 1.29 is 24.9 Å². The number of aliphatic carboxylic acids is 1. The molecule has 1 heterocycles. The van der Waals surface area contributed by atoms with Crippen molar-refractivity contribution in [2.75, 3.05) is 0 Å². The number of carbonyl (C=O) groups is 2. The zero-order valence-corrected chi connectivity index (χ0v) is 8.68. The fourth-order valence-corrected chi connectivity index (χ4v) is 1.29. The lowest BCUT2D eigenvalue weighted by atomic mass is 10.1. The molecule has 4 N–H and O–H groups in total. The van der Waals surface area contributed by atoms with Crippen LogP contribution in [-0.2, 0) is 9.59 Å². The Balaban J connectivity index is 3.05. The van der Waals surface area contributed by atoms with E-state index in [0.29, 0.717) is 0 Å². The van der Waals surface area contributed by atoms with Gasteiger partial charge in [0.15, 0.2) is 6.04 Å². The molecule has 0 aliphatic carbocycles. The molecule has 1 rings (SSSR count). The second-order valence-electron chi connectivity index (χ2n) is 4.44. The summed E-state index contributed by atoms with van der Waals surface area (Å²) in [6.07, 6.45) is 0. The average Bonchev–Trinajstić information content (AvgIpc) is 2.22. The molecule has 0 saturated carbocycles. The van der Waals surface area contributed by atoms with Crippen LogP contribution in [-0.4, -0.2) is 49.6 Å². The Morgan fingerprint density at radius 2 is 1.93 bits per heavy atom. The van der Waals surface area contributed by atoms with Crippen molar-refractivity contribution in [3.63, 3.8) is 0 Å². The molecule has 1 amide bonds. The molecule has 0 aromatic carbocycles. The van der Waals surface area contributed by atoms with E-state index >= 15 is 0 Å². The van der Waals surface area contributed by atoms with Crippen LogP contribution in [0.15, 0.2) is 0 Å². The van der Waals surface area contributed by atoms with Crippen LogP contribution in [0.3, 0.4) is 0 Å². The third-order valence-electron chi connectivity index (χ3n) is 2.10. The first-order chi connectivity index (χ1) is 6.58. The highest BCUT2D eigenvalue weighted by atomic mass is 16.5. The summed E-state index contributed by atoms with van der Waals surface area (Å²) in [4.78, 5) is 22.2. The lowest BCUT2D eigenvalue weighted by Gasteiger charge is -2.31. The van der Waals surface area contributed by atoms with E-state index in [9.17, 15) is 19.8 Å². The maximum Gasteiger partial charge on any atom is 0.328 e. The van der Waals surface area contributed by atoms with Crippen molar-refractivity contribution >= 4 is 11.9 Å². The number of hydrogen-bond donors (Lipinski definition) is 4. The second-order valence-corrected chi connectivity index (χ2v) is 4.44. The van der Waals surface area contributed by atoms with Crippen LogP contribution in [0.5, 0.6) is 0 Å². The van der Waals surface area contributed by atoms with E-state index < -0.39 is 29.2 Å². The first kappa shape index (κ1) is 11.9. The predicted octanol–water partition coefficient (Wildman–Crippen LogP) is -1.73. The molecule has 1 saturated heterocycles. The standard InChI is InChI=1S/C8H14N2O5/c1-7(2,3)10-6(13)8(14,15)4(9-10)5(11)12/h4,9,14-15H,1-3H3,(H,11,12). The van der Waals surface area contributed by atoms with E-state index in [2.05, 4.69) is 5.43 Å². The van der Waals surface area contributed by atoms with Gasteiger partial charge in [-0.25, -0.2) is 5.43 Å². The van der Waals surface area contributed by atoms with Crippen molar-refractivity contribution in [1.82, 2.24) is 10.4 Å². The Morgan fingerprint density at radius 3 is 2.13 bits per heavy atom. The zero-order chi connectivity index (χ0) is 12.0. The summed E-state index contributed by atoms with van der Waals surface area (Å²) in [5.41, 5.74) is 1.52. The van der Waals surface area contributed by atoms with Crippen molar-refractivity contribution in [2.24, 2.45) is 0 Å². The molecule has 1 unspecified atom stereocenters. The highest BCUT2D eigenvalue weighted by Crippen LogP contribution is 2.25. The largest absolute Gasteiger partial charge is 0.480 e. The minimum atomic E-state index is -2.90. The number of carbonyl (C=O) groups excluding carboxylic acids is 1. The smallest absolute Gasteiger partial charge is 0.328 e. The molecule has 0 aromatic rings. The van der Waals surface area contributed by atoms with Crippen LogP contribution in [0.2, 0.25) is 0 Å². The van der Waals surface area contributed by atoms with E-state index in [1.54, 1.807) is 20.8 Å². The van der Waals surface area contributed by atoms with Crippen LogP contribution >= 0.6 is 0 Å². The van der Waals surface area contributed by atoms with Gasteiger partial charge in [-0.1, -0.05) is 0 Å². The molecule has 1 aliphatic heterocycles. The molecular weight excluding hydrogens is 204 g/mol. The van der Waals surface area contributed by atoms with Gasteiger partial charge in [-0.15, -0.1) is 0 Å². The van der Waals surface area contributed by atoms with E-state index in [4.69, 9.17) is 5.11 Å². The molecule has 86 valence electrons. The first-order valence-corrected chi connectivity index (χ1v) is 4.37. The lowest BCUT2D eigenvalue weighted by molar-refractivity contribution is -0.193. The van der Waals surface area contributed by atoms with Gasteiger partial charge in [0.25, 0.3) is 11.7 Å². The van der Waals surface area contributed by atoms with Gasteiger partial charge in [0.2, 0.25) is 0 Å². The number of nitrogens with one attached hydrogen (secondary N) is 1. The number of amides is 1. The van der Waals surface area contributed by atoms with E-state index in [-0.39, 0.29) is 0 Å². The minimum absolute atomic E-state index is 0.738. The summed E-state index contributed by atoms with van der Waals surface area (Å²) in [6, 6.07) is -1.75. The summed E-state index contributed by atoms with van der Waals surface area (Å²) < 4.78 is 0.